The van der Waals surface area contributed by atoms with Crippen LogP contribution in [0.2, 0.25) is 0 Å². The molecule has 0 aliphatic carbocycles. The molecule has 1 amide bonds. The van der Waals surface area contributed by atoms with Gasteiger partial charge in [0, 0.05) is 42.3 Å². The van der Waals surface area contributed by atoms with Crippen molar-refractivity contribution in [2.75, 3.05) is 29.6 Å². The van der Waals surface area contributed by atoms with Crippen LogP contribution >= 0.6 is 37.4 Å². The normalized spacial score (nSPS) is 10.8. The summed E-state index contributed by atoms with van der Waals surface area (Å²) < 4.78 is 0. The van der Waals surface area contributed by atoms with E-state index < -0.39 is 0 Å². The first-order chi connectivity index (χ1) is 10.6. The summed E-state index contributed by atoms with van der Waals surface area (Å²) in [5, 5.41) is 3.22. The number of hydrogen-bond acceptors (Lipinski definition) is 4. The Labute approximate surface area is 161 Å². The highest BCUT2D eigenvalue weighted by Crippen LogP contribution is 2.17. The molecule has 0 bridgehead atoms. The Balaban J connectivity index is 0.00000264. The summed E-state index contributed by atoms with van der Waals surface area (Å²) >= 11 is 4.16. The van der Waals surface area contributed by atoms with Crippen LogP contribution in [0.5, 0.6) is 0 Å². The van der Waals surface area contributed by atoms with Crippen LogP contribution in [0.1, 0.15) is 10.4 Å². The highest BCUT2D eigenvalue weighted by atomic mass is 35.5. The molecular weight excluding hydrogens is 365 g/mol. The van der Waals surface area contributed by atoms with E-state index in [-0.39, 0.29) is 36.8 Å². The van der Waals surface area contributed by atoms with Gasteiger partial charge in [-0.3, -0.25) is 4.79 Å². The molecule has 0 unspecified atom stereocenters. The van der Waals surface area contributed by atoms with E-state index in [4.69, 9.17) is 5.73 Å². The van der Waals surface area contributed by atoms with Crippen molar-refractivity contribution in [3.05, 3.63) is 60.2 Å². The molecule has 24 heavy (non-hydrogen) atoms. The van der Waals surface area contributed by atoms with Gasteiger partial charge in [-0.15, -0.1) is 24.8 Å². The fraction of sp³-hybridized carbons (Fsp3) is 0.235. The van der Waals surface area contributed by atoms with Crippen molar-refractivity contribution in [2.45, 2.75) is 6.04 Å². The summed E-state index contributed by atoms with van der Waals surface area (Å²) in [7, 11) is 1.77. The molecular formula is C17H23Cl2N3OS. The number of nitrogens with zero attached hydrogens (tertiary/aromatic N) is 1. The van der Waals surface area contributed by atoms with Crippen molar-refractivity contribution in [2.24, 2.45) is 5.73 Å². The summed E-state index contributed by atoms with van der Waals surface area (Å²) in [5.41, 5.74) is 8.21. The lowest BCUT2D eigenvalue weighted by molar-refractivity contribution is 0.0993. The second-order valence-corrected chi connectivity index (χ2v) is 5.47. The molecule has 132 valence electrons. The lowest BCUT2D eigenvalue weighted by Gasteiger charge is -2.18. The summed E-state index contributed by atoms with van der Waals surface area (Å²) in [5.74, 6) is 0.566. The molecule has 0 fully saturated rings. The minimum absolute atomic E-state index is 0. The summed E-state index contributed by atoms with van der Waals surface area (Å²) in [4.78, 5) is 14.2. The first-order valence-corrected chi connectivity index (χ1v) is 7.78. The number of para-hydroxylation sites is 1. The van der Waals surface area contributed by atoms with E-state index in [0.29, 0.717) is 17.9 Å². The molecule has 2 rings (SSSR count). The number of thiol groups is 1. The van der Waals surface area contributed by atoms with Crippen LogP contribution in [0.25, 0.3) is 0 Å². The number of benzene rings is 2. The van der Waals surface area contributed by atoms with Crippen molar-refractivity contribution in [3.8, 4) is 0 Å². The molecule has 2 aromatic carbocycles. The van der Waals surface area contributed by atoms with E-state index in [1.54, 1.807) is 11.9 Å². The quantitative estimate of drug-likeness (QED) is 0.664. The van der Waals surface area contributed by atoms with Gasteiger partial charge in [0.15, 0.2) is 0 Å². The first-order valence-electron chi connectivity index (χ1n) is 7.15. The Hall–Kier alpha value is -1.40. The van der Waals surface area contributed by atoms with Crippen LogP contribution in [-0.2, 0) is 0 Å². The van der Waals surface area contributed by atoms with E-state index in [1.807, 2.05) is 54.6 Å². The van der Waals surface area contributed by atoms with Gasteiger partial charge in [0.05, 0.1) is 0 Å². The summed E-state index contributed by atoms with van der Waals surface area (Å²) in [6.07, 6.45) is 0. The van der Waals surface area contributed by atoms with Gasteiger partial charge < -0.3 is 16.0 Å². The predicted octanol–water partition coefficient (Wildman–Crippen LogP) is 3.48. The molecule has 0 saturated heterocycles. The molecule has 3 N–H and O–H groups in total. The van der Waals surface area contributed by atoms with E-state index in [2.05, 4.69) is 17.9 Å². The van der Waals surface area contributed by atoms with Crippen LogP contribution in [-0.4, -0.2) is 31.3 Å². The largest absolute Gasteiger partial charge is 0.383 e. The third-order valence-corrected chi connectivity index (χ3v) is 3.83. The standard InChI is InChI=1S/C17H21N3OS.2ClH/c1-20(16-8-3-2-4-9-16)17(21)13-6-5-7-15(10-13)19-11-14(18)12-22;;/h2-10,14,19,22H,11-12,18H2,1H3;2*1H/t14-;;/m1../s1. The average molecular weight is 388 g/mol. The van der Waals surface area contributed by atoms with E-state index in [1.165, 1.54) is 0 Å². The fourth-order valence-electron chi connectivity index (χ4n) is 2.04. The molecule has 0 aliphatic rings. The van der Waals surface area contributed by atoms with Crippen LogP contribution < -0.4 is 16.0 Å². The van der Waals surface area contributed by atoms with Crippen molar-refractivity contribution < 1.29 is 4.79 Å². The number of nitrogens with one attached hydrogen (secondary N) is 1. The summed E-state index contributed by atoms with van der Waals surface area (Å²) in [6, 6.07) is 17.0. The van der Waals surface area contributed by atoms with Gasteiger partial charge in [0.1, 0.15) is 0 Å². The van der Waals surface area contributed by atoms with Gasteiger partial charge in [0.2, 0.25) is 0 Å². The number of anilines is 2. The van der Waals surface area contributed by atoms with E-state index >= 15 is 0 Å². The molecule has 1 atom stereocenters. The Kier molecular flexibility index (Phi) is 10.6. The van der Waals surface area contributed by atoms with Crippen molar-refractivity contribution in [1.82, 2.24) is 0 Å². The number of hydrogen-bond donors (Lipinski definition) is 3. The third kappa shape index (κ3) is 6.24. The first kappa shape index (κ1) is 22.6. The van der Waals surface area contributed by atoms with Gasteiger partial charge in [-0.25, -0.2) is 0 Å². The molecule has 4 nitrogen and oxygen atoms in total. The molecule has 0 aliphatic heterocycles. The predicted molar refractivity (Wildman–Crippen MR) is 110 cm³/mol. The topological polar surface area (TPSA) is 58.4 Å². The van der Waals surface area contributed by atoms with Crippen molar-refractivity contribution in [1.29, 1.82) is 0 Å². The van der Waals surface area contributed by atoms with Crippen LogP contribution in [0.4, 0.5) is 11.4 Å². The zero-order valence-corrected chi connectivity index (χ0v) is 15.9. The number of halogens is 2. The zero-order valence-electron chi connectivity index (χ0n) is 13.4. The van der Waals surface area contributed by atoms with Crippen LogP contribution in [0.3, 0.4) is 0 Å². The van der Waals surface area contributed by atoms with E-state index in [9.17, 15) is 4.79 Å². The molecule has 7 heteroatoms. The van der Waals surface area contributed by atoms with E-state index in [0.717, 1.165) is 11.4 Å². The smallest absolute Gasteiger partial charge is 0.258 e. The zero-order chi connectivity index (χ0) is 15.9. The van der Waals surface area contributed by atoms with Gasteiger partial charge in [-0.2, -0.15) is 12.6 Å². The lowest BCUT2D eigenvalue weighted by Crippen LogP contribution is -2.30. The Morgan fingerprint density at radius 2 is 1.83 bits per heavy atom. The van der Waals surface area contributed by atoms with Crippen molar-refractivity contribution >= 4 is 54.7 Å². The fourth-order valence-corrected chi connectivity index (χ4v) is 2.17. The van der Waals surface area contributed by atoms with Gasteiger partial charge in [-0.1, -0.05) is 24.3 Å². The number of carbonyl (C=O) groups excluding carboxylic acids is 1. The number of carbonyl (C=O) groups is 1. The van der Waals surface area contributed by atoms with Gasteiger partial charge in [-0.05, 0) is 30.3 Å². The second-order valence-electron chi connectivity index (χ2n) is 5.10. The summed E-state index contributed by atoms with van der Waals surface area (Å²) in [6.45, 7) is 0.621. The Morgan fingerprint density at radius 1 is 1.17 bits per heavy atom. The Morgan fingerprint density at radius 3 is 2.46 bits per heavy atom. The molecule has 0 heterocycles. The maximum Gasteiger partial charge on any atom is 0.258 e. The number of rotatable bonds is 6. The minimum Gasteiger partial charge on any atom is -0.383 e. The average Bonchev–Trinajstić information content (AvgIpc) is 2.59. The SMILES string of the molecule is CN(C(=O)c1cccc(NC[C@@H](N)CS)c1)c1ccccc1.Cl.Cl. The lowest BCUT2D eigenvalue weighted by atomic mass is 10.1. The number of amides is 1. The molecule has 0 saturated carbocycles. The van der Waals surface area contributed by atoms with Crippen molar-refractivity contribution in [3.63, 3.8) is 0 Å². The Bertz CT molecular complexity index is 628. The minimum atomic E-state index is -0.0478. The maximum absolute atomic E-state index is 12.6. The molecule has 0 radical (unpaired) electrons. The third-order valence-electron chi connectivity index (χ3n) is 3.36. The molecule has 0 spiro atoms. The van der Waals surface area contributed by atoms with Gasteiger partial charge >= 0.3 is 0 Å². The highest BCUT2D eigenvalue weighted by molar-refractivity contribution is 7.80. The van der Waals surface area contributed by atoms with Crippen LogP contribution in [0, 0.1) is 0 Å². The van der Waals surface area contributed by atoms with Gasteiger partial charge in [0.25, 0.3) is 5.91 Å². The maximum atomic E-state index is 12.6. The number of nitrogens with two attached hydrogens (primary N) is 1. The highest BCUT2D eigenvalue weighted by Gasteiger charge is 2.13. The molecule has 0 aromatic heterocycles. The second kappa shape index (κ2) is 11.2. The van der Waals surface area contributed by atoms with Crippen LogP contribution in [0.15, 0.2) is 54.6 Å². The monoisotopic (exact) mass is 387 g/mol. The molecule has 2 aromatic rings.